The van der Waals surface area contributed by atoms with Crippen LogP contribution in [0.15, 0.2) is 14.4 Å². The Kier molecular flexibility index (Phi) is 20.6. The van der Waals surface area contributed by atoms with E-state index in [9.17, 15) is 28.8 Å². The fourth-order valence-corrected chi connectivity index (χ4v) is 5.50. The molecule has 3 heterocycles. The quantitative estimate of drug-likeness (QED) is 0.0506. The molecule has 0 aliphatic carbocycles. The van der Waals surface area contributed by atoms with Gasteiger partial charge in [-0.05, 0) is 38.5 Å². The number of carbonyl (C=O) groups excluding carboxylic acids is 3. The Morgan fingerprint density at radius 2 is 0.769 bits per heavy atom. The van der Waals surface area contributed by atoms with E-state index in [-0.39, 0.29) is 32.8 Å². The first kappa shape index (κ1) is 42.5. The topological polar surface area (TPSA) is 213 Å². The van der Waals surface area contributed by atoms with Gasteiger partial charge in [0, 0.05) is 85.1 Å². The predicted octanol–water partition coefficient (Wildman–Crippen LogP) is 0.621. The van der Waals surface area contributed by atoms with E-state index < -0.39 is 35.3 Å². The number of nitrogens with one attached hydrogen (secondary N) is 3. The van der Waals surface area contributed by atoms with Crippen LogP contribution in [0.3, 0.4) is 0 Å². The number of carbonyl (C=O) groups is 3. The fraction of sp³-hybridized carbons (Fsp3) is 0.824. The van der Waals surface area contributed by atoms with E-state index >= 15 is 0 Å². The van der Waals surface area contributed by atoms with Crippen molar-refractivity contribution in [3.8, 4) is 0 Å². The first-order valence-corrected chi connectivity index (χ1v) is 19.1. The normalized spacial score (nSPS) is 13.8. The zero-order valence-corrected chi connectivity index (χ0v) is 30.8. The molecule has 296 valence electrons. The van der Waals surface area contributed by atoms with Crippen LogP contribution in [0.4, 0.5) is 14.4 Å². The number of ether oxygens (including phenoxy) is 3. The van der Waals surface area contributed by atoms with Crippen LogP contribution < -0.4 is 38.8 Å². The molecule has 2 aliphatic heterocycles. The summed E-state index contributed by atoms with van der Waals surface area (Å²) in [5.74, 6) is 0. The number of aromatic nitrogens is 3. The van der Waals surface area contributed by atoms with E-state index in [1.165, 1.54) is 9.13 Å². The zero-order valence-electron chi connectivity index (χ0n) is 30.8. The molecule has 2 fully saturated rings. The van der Waals surface area contributed by atoms with Crippen LogP contribution in [-0.4, -0.2) is 127 Å². The third-order valence-electron chi connectivity index (χ3n) is 8.83. The smallest absolute Gasteiger partial charge is 0.407 e. The highest BCUT2D eigenvalue weighted by Gasteiger charge is 2.18. The highest BCUT2D eigenvalue weighted by atomic mass is 16.6. The molecule has 0 atom stereocenters. The number of nitrogens with zero attached hydrogens (tertiary/aromatic N) is 5. The van der Waals surface area contributed by atoms with Crippen LogP contribution in [0.5, 0.6) is 0 Å². The second-order valence-corrected chi connectivity index (χ2v) is 13.2. The van der Waals surface area contributed by atoms with E-state index in [0.29, 0.717) is 58.5 Å². The maximum absolute atomic E-state index is 13.4. The predicted molar refractivity (Wildman–Crippen MR) is 195 cm³/mol. The Morgan fingerprint density at radius 1 is 0.462 bits per heavy atom. The summed E-state index contributed by atoms with van der Waals surface area (Å²) in [6.45, 7) is 8.87. The second kappa shape index (κ2) is 25.1. The minimum atomic E-state index is -0.602. The standard InChI is InChI=1S/C34H61N9O9/c35-13-26-50-29(44)36-14-7-1-4-10-17-41-32(47)42(18-11-5-2-8-15-37-30(45)51-27-24-39-20-21-39)34(49)43(33(41)48)19-12-6-3-9-16-38-31(46)52-28-25-40-22-23-40/h1-28,35H2,(H,36,44)(H,37,45)(H,38,46). The summed E-state index contributed by atoms with van der Waals surface area (Å²) in [5.41, 5.74) is 3.52. The lowest BCUT2D eigenvalue weighted by Gasteiger charge is -2.14. The highest BCUT2D eigenvalue weighted by molar-refractivity contribution is 5.67. The maximum atomic E-state index is 13.4. The van der Waals surface area contributed by atoms with Crippen LogP contribution in [-0.2, 0) is 33.8 Å². The van der Waals surface area contributed by atoms with Crippen molar-refractivity contribution in [1.82, 2.24) is 39.5 Å². The van der Waals surface area contributed by atoms with Crippen molar-refractivity contribution in [2.24, 2.45) is 5.73 Å². The van der Waals surface area contributed by atoms with Gasteiger partial charge >= 0.3 is 35.3 Å². The van der Waals surface area contributed by atoms with Crippen LogP contribution in [0, 0.1) is 0 Å². The van der Waals surface area contributed by atoms with Gasteiger partial charge in [0.15, 0.2) is 0 Å². The lowest BCUT2D eigenvalue weighted by molar-refractivity contribution is 0.141. The molecule has 3 amide bonds. The first-order valence-electron chi connectivity index (χ1n) is 19.1. The molecule has 0 aromatic carbocycles. The maximum Gasteiger partial charge on any atom is 0.407 e. The lowest BCUT2D eigenvalue weighted by Crippen LogP contribution is -2.54. The summed E-state index contributed by atoms with van der Waals surface area (Å²) in [4.78, 5) is 79.7. The number of rotatable bonds is 29. The Morgan fingerprint density at radius 3 is 1.08 bits per heavy atom. The summed E-state index contributed by atoms with van der Waals surface area (Å²) in [6, 6.07) is 0. The van der Waals surface area contributed by atoms with Gasteiger partial charge in [-0.1, -0.05) is 38.5 Å². The van der Waals surface area contributed by atoms with Gasteiger partial charge in [-0.3, -0.25) is 9.80 Å². The molecule has 0 unspecified atom stereocenters. The summed E-state index contributed by atoms with van der Waals surface area (Å²) >= 11 is 0. The van der Waals surface area contributed by atoms with Gasteiger partial charge < -0.3 is 35.9 Å². The van der Waals surface area contributed by atoms with Gasteiger partial charge in [-0.2, -0.15) is 0 Å². The van der Waals surface area contributed by atoms with Crippen molar-refractivity contribution in [2.45, 2.75) is 96.7 Å². The molecule has 2 saturated heterocycles. The van der Waals surface area contributed by atoms with Gasteiger partial charge in [0.2, 0.25) is 0 Å². The van der Waals surface area contributed by atoms with Crippen LogP contribution in [0.1, 0.15) is 77.0 Å². The molecule has 0 radical (unpaired) electrons. The third-order valence-corrected chi connectivity index (χ3v) is 8.83. The average molecular weight is 740 g/mol. The Hall–Kier alpha value is -3.90. The molecule has 0 bridgehead atoms. The van der Waals surface area contributed by atoms with Crippen molar-refractivity contribution in [3.63, 3.8) is 0 Å². The first-order chi connectivity index (χ1) is 25.3. The Bertz CT molecular complexity index is 1310. The van der Waals surface area contributed by atoms with E-state index in [1.807, 2.05) is 0 Å². The molecule has 0 saturated carbocycles. The average Bonchev–Trinajstić information content (AvgIpc) is 4.07. The van der Waals surface area contributed by atoms with Gasteiger partial charge in [-0.25, -0.2) is 42.5 Å². The number of hydrogen-bond donors (Lipinski definition) is 4. The molecule has 18 heteroatoms. The Labute approximate surface area is 305 Å². The van der Waals surface area contributed by atoms with Gasteiger partial charge in [-0.15, -0.1) is 0 Å². The monoisotopic (exact) mass is 739 g/mol. The molecule has 52 heavy (non-hydrogen) atoms. The second-order valence-electron chi connectivity index (χ2n) is 13.2. The fourth-order valence-electron chi connectivity index (χ4n) is 5.50. The van der Waals surface area contributed by atoms with Gasteiger partial charge in [0.25, 0.3) is 0 Å². The molecule has 1 aromatic rings. The summed E-state index contributed by atoms with van der Waals surface area (Å²) in [7, 11) is 0. The number of amides is 3. The van der Waals surface area contributed by atoms with Gasteiger partial charge in [0.05, 0.1) is 0 Å². The minimum absolute atomic E-state index is 0.156. The van der Waals surface area contributed by atoms with E-state index in [2.05, 4.69) is 25.8 Å². The van der Waals surface area contributed by atoms with Crippen molar-refractivity contribution < 1.29 is 28.6 Å². The van der Waals surface area contributed by atoms with Crippen molar-refractivity contribution in [2.75, 3.05) is 85.3 Å². The molecule has 3 rings (SSSR count). The van der Waals surface area contributed by atoms with Crippen LogP contribution in [0.25, 0.3) is 0 Å². The number of unbranched alkanes of at least 4 members (excludes halogenated alkanes) is 9. The summed E-state index contributed by atoms with van der Waals surface area (Å²) in [6.07, 6.45) is 7.09. The molecular weight excluding hydrogens is 678 g/mol. The van der Waals surface area contributed by atoms with E-state index in [4.69, 9.17) is 19.9 Å². The number of hydrogen-bond acceptors (Lipinski definition) is 12. The zero-order chi connectivity index (χ0) is 37.4. The van der Waals surface area contributed by atoms with Gasteiger partial charge in [0.1, 0.15) is 19.8 Å². The molecular formula is C34H61N9O9. The van der Waals surface area contributed by atoms with Crippen molar-refractivity contribution in [1.29, 1.82) is 0 Å². The lowest BCUT2D eigenvalue weighted by atomic mass is 10.2. The third kappa shape index (κ3) is 18.0. The van der Waals surface area contributed by atoms with E-state index in [1.54, 1.807) is 0 Å². The molecule has 1 aromatic heterocycles. The van der Waals surface area contributed by atoms with Crippen LogP contribution >= 0.6 is 0 Å². The SMILES string of the molecule is NCCOC(=O)NCCCCCCn1c(=O)n(CCCCCCNC(=O)OCCN2CC2)c(=O)n(CCCCCCNC(=O)OCCN2CC2)c1=O. The molecule has 5 N–H and O–H groups in total. The summed E-state index contributed by atoms with van der Waals surface area (Å²) < 4.78 is 18.7. The number of nitrogens with two attached hydrogens (primary N) is 1. The molecule has 18 nitrogen and oxygen atoms in total. The number of alkyl carbamates (subject to hydrolysis) is 3. The van der Waals surface area contributed by atoms with Crippen molar-refractivity contribution in [3.05, 3.63) is 31.5 Å². The summed E-state index contributed by atoms with van der Waals surface area (Å²) in [5, 5.41) is 8.15. The molecule has 0 spiro atoms. The molecule has 2 aliphatic rings. The highest BCUT2D eigenvalue weighted by Crippen LogP contribution is 2.05. The Balaban J connectivity index is 1.44. The minimum Gasteiger partial charge on any atom is -0.448 e. The van der Waals surface area contributed by atoms with E-state index in [0.717, 1.165) is 95.2 Å². The van der Waals surface area contributed by atoms with Crippen LogP contribution in [0.2, 0.25) is 0 Å². The largest absolute Gasteiger partial charge is 0.448 e. The van der Waals surface area contributed by atoms with Crippen molar-refractivity contribution >= 4 is 18.3 Å².